The van der Waals surface area contributed by atoms with Crippen molar-refractivity contribution < 1.29 is 33.0 Å². The standard InChI is InChI=1S/C14H20F2N2O5/c1-9(19)18(8-12(20)21)7-11-6-17(2-3-23-11)13(22)10-4-14(15,16)5-10/h10-11H,2-8H2,1H3,(H,20,21). The number of alkyl halides is 2. The van der Waals surface area contributed by atoms with E-state index >= 15 is 0 Å². The van der Waals surface area contributed by atoms with Gasteiger partial charge in [0.1, 0.15) is 6.54 Å². The zero-order chi connectivity index (χ0) is 17.2. The molecule has 1 saturated heterocycles. The van der Waals surface area contributed by atoms with Gasteiger partial charge >= 0.3 is 5.97 Å². The van der Waals surface area contributed by atoms with E-state index in [1.165, 1.54) is 11.8 Å². The van der Waals surface area contributed by atoms with Gasteiger partial charge in [-0.25, -0.2) is 8.78 Å². The third-order valence-corrected chi connectivity index (χ3v) is 4.09. The molecule has 130 valence electrons. The van der Waals surface area contributed by atoms with Crippen molar-refractivity contribution in [3.63, 3.8) is 0 Å². The van der Waals surface area contributed by atoms with E-state index in [1.54, 1.807) is 0 Å². The molecule has 2 fully saturated rings. The van der Waals surface area contributed by atoms with Gasteiger partial charge in [-0.05, 0) is 0 Å². The van der Waals surface area contributed by atoms with Crippen LogP contribution in [0.5, 0.6) is 0 Å². The van der Waals surface area contributed by atoms with Crippen LogP contribution in [0.2, 0.25) is 0 Å². The largest absolute Gasteiger partial charge is 0.480 e. The molecule has 0 spiro atoms. The maximum atomic E-state index is 12.9. The molecular formula is C14H20F2N2O5. The molecule has 9 heteroatoms. The van der Waals surface area contributed by atoms with Gasteiger partial charge in [0.15, 0.2) is 0 Å². The van der Waals surface area contributed by atoms with Crippen molar-refractivity contribution in [3.05, 3.63) is 0 Å². The van der Waals surface area contributed by atoms with Gasteiger partial charge in [-0.1, -0.05) is 0 Å². The maximum absolute atomic E-state index is 12.9. The van der Waals surface area contributed by atoms with E-state index < -0.39 is 49.2 Å². The van der Waals surface area contributed by atoms with Gasteiger partial charge in [0, 0.05) is 45.3 Å². The van der Waals surface area contributed by atoms with Crippen LogP contribution >= 0.6 is 0 Å². The molecule has 0 aromatic carbocycles. The number of hydrogen-bond acceptors (Lipinski definition) is 4. The lowest BCUT2D eigenvalue weighted by Gasteiger charge is -2.40. The number of carboxylic acid groups (broad SMARTS) is 1. The molecule has 1 heterocycles. The monoisotopic (exact) mass is 334 g/mol. The van der Waals surface area contributed by atoms with Crippen LogP contribution < -0.4 is 0 Å². The van der Waals surface area contributed by atoms with E-state index in [4.69, 9.17) is 9.84 Å². The number of halogens is 2. The molecule has 0 bridgehead atoms. The third kappa shape index (κ3) is 4.60. The van der Waals surface area contributed by atoms with E-state index in [-0.39, 0.29) is 25.6 Å². The van der Waals surface area contributed by atoms with Gasteiger partial charge in [-0.2, -0.15) is 0 Å². The Labute approximate surface area is 132 Å². The minimum atomic E-state index is -2.75. The number of rotatable bonds is 5. The lowest BCUT2D eigenvalue weighted by Crippen LogP contribution is -2.54. The van der Waals surface area contributed by atoms with Crippen LogP contribution in [0.1, 0.15) is 19.8 Å². The maximum Gasteiger partial charge on any atom is 0.323 e. The summed E-state index contributed by atoms with van der Waals surface area (Å²) in [7, 11) is 0. The van der Waals surface area contributed by atoms with Crippen LogP contribution in [0.3, 0.4) is 0 Å². The van der Waals surface area contributed by atoms with Gasteiger partial charge in [-0.15, -0.1) is 0 Å². The molecule has 1 aliphatic heterocycles. The molecule has 1 N–H and O–H groups in total. The molecule has 1 unspecified atom stereocenters. The summed E-state index contributed by atoms with van der Waals surface area (Å²) in [6.07, 6.45) is -1.37. The molecule has 0 aromatic heterocycles. The predicted molar refractivity (Wildman–Crippen MR) is 73.9 cm³/mol. The van der Waals surface area contributed by atoms with Gasteiger partial charge < -0.3 is 19.6 Å². The third-order valence-electron chi connectivity index (χ3n) is 4.09. The van der Waals surface area contributed by atoms with Crippen molar-refractivity contribution in [1.29, 1.82) is 0 Å². The highest BCUT2D eigenvalue weighted by molar-refractivity contribution is 5.80. The van der Waals surface area contributed by atoms with Crippen molar-refractivity contribution >= 4 is 17.8 Å². The van der Waals surface area contributed by atoms with Crippen LogP contribution in [-0.2, 0) is 19.1 Å². The van der Waals surface area contributed by atoms with Gasteiger partial charge in [0.2, 0.25) is 17.7 Å². The van der Waals surface area contributed by atoms with E-state index in [0.717, 1.165) is 4.90 Å². The highest BCUT2D eigenvalue weighted by Gasteiger charge is 2.50. The van der Waals surface area contributed by atoms with Crippen LogP contribution in [-0.4, -0.2) is 77.5 Å². The topological polar surface area (TPSA) is 87.2 Å². The number of nitrogens with zero attached hydrogens (tertiary/aromatic N) is 2. The summed E-state index contributed by atoms with van der Waals surface area (Å²) in [5, 5.41) is 8.79. The van der Waals surface area contributed by atoms with Gasteiger partial charge in [-0.3, -0.25) is 14.4 Å². The summed E-state index contributed by atoms with van der Waals surface area (Å²) in [6.45, 7) is 1.58. The SMILES string of the molecule is CC(=O)N(CC(=O)O)CC1CN(C(=O)C2CC(F)(F)C2)CCO1. The molecule has 23 heavy (non-hydrogen) atoms. The number of carboxylic acids is 1. The zero-order valence-electron chi connectivity index (χ0n) is 12.8. The molecule has 1 saturated carbocycles. The molecule has 0 radical (unpaired) electrons. The normalized spacial score (nSPS) is 24.0. The number of hydrogen-bond donors (Lipinski definition) is 1. The Morgan fingerprint density at radius 2 is 2.00 bits per heavy atom. The van der Waals surface area contributed by atoms with E-state index in [1.807, 2.05) is 0 Å². The Kier molecular flexibility index (Phi) is 5.18. The Hall–Kier alpha value is -1.77. The van der Waals surface area contributed by atoms with Crippen molar-refractivity contribution in [2.24, 2.45) is 5.92 Å². The first-order chi connectivity index (χ1) is 10.7. The fourth-order valence-electron chi connectivity index (χ4n) is 2.84. The first-order valence-electron chi connectivity index (χ1n) is 7.43. The second-order valence-electron chi connectivity index (χ2n) is 6.03. The van der Waals surface area contributed by atoms with Crippen LogP contribution in [0.4, 0.5) is 8.78 Å². The van der Waals surface area contributed by atoms with Crippen molar-refractivity contribution in [2.45, 2.75) is 31.8 Å². The zero-order valence-corrected chi connectivity index (χ0v) is 12.8. The summed E-state index contributed by atoms with van der Waals surface area (Å²) in [5.74, 6) is -5.28. The number of aliphatic carboxylic acids is 1. The Morgan fingerprint density at radius 3 is 2.52 bits per heavy atom. The molecule has 1 atom stereocenters. The van der Waals surface area contributed by atoms with Crippen molar-refractivity contribution in [1.82, 2.24) is 9.80 Å². The summed E-state index contributed by atoms with van der Waals surface area (Å²) in [5.41, 5.74) is 0. The predicted octanol–water partition coefficient (Wildman–Crippen LogP) is 0.192. The quantitative estimate of drug-likeness (QED) is 0.776. The number of amides is 2. The average Bonchev–Trinajstić information content (AvgIpc) is 2.43. The molecule has 2 aliphatic rings. The minimum Gasteiger partial charge on any atom is -0.480 e. The second kappa shape index (κ2) is 6.77. The summed E-state index contributed by atoms with van der Waals surface area (Å²) in [6, 6.07) is 0. The lowest BCUT2D eigenvalue weighted by atomic mass is 9.80. The molecule has 7 nitrogen and oxygen atoms in total. The number of carbonyl (C=O) groups excluding carboxylic acids is 2. The number of morpholine rings is 1. The number of ether oxygens (including phenoxy) is 1. The molecule has 2 rings (SSSR count). The highest BCUT2D eigenvalue weighted by atomic mass is 19.3. The Bertz CT molecular complexity index is 492. The Balaban J connectivity index is 1.88. The molecule has 0 aromatic rings. The molecular weight excluding hydrogens is 314 g/mol. The second-order valence-corrected chi connectivity index (χ2v) is 6.03. The lowest BCUT2D eigenvalue weighted by molar-refractivity contribution is -0.166. The van der Waals surface area contributed by atoms with E-state index in [2.05, 4.69) is 0 Å². The smallest absolute Gasteiger partial charge is 0.323 e. The highest BCUT2D eigenvalue weighted by Crippen LogP contribution is 2.43. The fraction of sp³-hybridized carbons (Fsp3) is 0.786. The van der Waals surface area contributed by atoms with Crippen LogP contribution in [0.25, 0.3) is 0 Å². The van der Waals surface area contributed by atoms with Gasteiger partial charge in [0.05, 0.1) is 12.7 Å². The first-order valence-corrected chi connectivity index (χ1v) is 7.43. The molecule has 2 amide bonds. The minimum absolute atomic E-state index is 0.0479. The van der Waals surface area contributed by atoms with Crippen LogP contribution in [0.15, 0.2) is 0 Å². The Morgan fingerprint density at radius 1 is 1.35 bits per heavy atom. The van der Waals surface area contributed by atoms with Gasteiger partial charge in [0.25, 0.3) is 0 Å². The summed E-state index contributed by atoms with van der Waals surface area (Å²) >= 11 is 0. The van der Waals surface area contributed by atoms with Crippen molar-refractivity contribution in [2.75, 3.05) is 32.8 Å². The number of carbonyl (C=O) groups is 3. The average molecular weight is 334 g/mol. The first kappa shape index (κ1) is 17.6. The van der Waals surface area contributed by atoms with Crippen molar-refractivity contribution in [3.8, 4) is 0 Å². The fourth-order valence-corrected chi connectivity index (χ4v) is 2.84. The van der Waals surface area contributed by atoms with Crippen LogP contribution in [0, 0.1) is 5.92 Å². The summed E-state index contributed by atoms with van der Waals surface area (Å²) in [4.78, 5) is 37.0. The van der Waals surface area contributed by atoms with E-state index in [9.17, 15) is 23.2 Å². The van der Waals surface area contributed by atoms with E-state index in [0.29, 0.717) is 6.54 Å². The molecule has 1 aliphatic carbocycles. The summed E-state index contributed by atoms with van der Waals surface area (Å²) < 4.78 is 31.2.